The monoisotopic (exact) mass is 210 g/mol. The van der Waals surface area contributed by atoms with Crippen molar-refractivity contribution in [2.75, 3.05) is 13.7 Å². The standard InChI is InChI=1S/C14H26O/c1-12(6-7-14-8-9-14)4-5-13(2)10-11-15-3/h6,13-14H,4-5,7-11H2,1-3H3/t13-/m0/s1. The maximum absolute atomic E-state index is 5.09. The van der Waals surface area contributed by atoms with Gasteiger partial charge in [-0.3, -0.25) is 0 Å². The molecule has 0 aliphatic heterocycles. The third-order valence-corrected chi connectivity index (χ3v) is 3.34. The van der Waals surface area contributed by atoms with Crippen molar-refractivity contribution in [3.05, 3.63) is 11.6 Å². The van der Waals surface area contributed by atoms with Crippen LogP contribution in [0.3, 0.4) is 0 Å². The van der Waals surface area contributed by atoms with E-state index in [0.29, 0.717) is 0 Å². The molecule has 0 amide bonds. The number of rotatable bonds is 8. The van der Waals surface area contributed by atoms with Crippen LogP contribution in [0.5, 0.6) is 0 Å². The van der Waals surface area contributed by atoms with Crippen molar-refractivity contribution in [3.63, 3.8) is 0 Å². The molecule has 0 saturated heterocycles. The molecule has 0 bridgehead atoms. The summed E-state index contributed by atoms with van der Waals surface area (Å²) < 4.78 is 5.09. The summed E-state index contributed by atoms with van der Waals surface area (Å²) in [4.78, 5) is 0. The molecule has 0 aromatic rings. The van der Waals surface area contributed by atoms with Crippen LogP contribution in [0.2, 0.25) is 0 Å². The highest BCUT2D eigenvalue weighted by molar-refractivity contribution is 5.00. The van der Waals surface area contributed by atoms with Crippen LogP contribution < -0.4 is 0 Å². The second-order valence-electron chi connectivity index (χ2n) is 5.15. The molecular weight excluding hydrogens is 184 g/mol. The molecule has 1 atom stereocenters. The Morgan fingerprint density at radius 1 is 1.40 bits per heavy atom. The SMILES string of the molecule is COCC[C@@H](C)CCC(C)=CCC1CC1. The van der Waals surface area contributed by atoms with E-state index in [1.807, 2.05) is 0 Å². The quantitative estimate of drug-likeness (QED) is 0.546. The van der Waals surface area contributed by atoms with Gasteiger partial charge in [0.2, 0.25) is 0 Å². The normalized spacial score (nSPS) is 19.3. The average molecular weight is 210 g/mol. The molecule has 1 aliphatic rings. The number of hydrogen-bond donors (Lipinski definition) is 0. The Labute approximate surface area is 94.9 Å². The fourth-order valence-corrected chi connectivity index (χ4v) is 1.76. The second-order valence-corrected chi connectivity index (χ2v) is 5.15. The van der Waals surface area contributed by atoms with Gasteiger partial charge in [0, 0.05) is 13.7 Å². The van der Waals surface area contributed by atoms with Crippen LogP contribution in [0.1, 0.15) is 52.4 Å². The van der Waals surface area contributed by atoms with Crippen LogP contribution in [-0.2, 0) is 4.74 Å². The van der Waals surface area contributed by atoms with Gasteiger partial charge in [0.25, 0.3) is 0 Å². The zero-order valence-corrected chi connectivity index (χ0v) is 10.6. The van der Waals surface area contributed by atoms with Crippen LogP contribution in [0, 0.1) is 11.8 Å². The molecule has 0 aromatic carbocycles. The Morgan fingerprint density at radius 2 is 2.13 bits per heavy atom. The molecule has 0 aromatic heterocycles. The lowest BCUT2D eigenvalue weighted by Gasteiger charge is -2.10. The van der Waals surface area contributed by atoms with E-state index in [1.54, 1.807) is 12.7 Å². The van der Waals surface area contributed by atoms with Crippen molar-refractivity contribution in [3.8, 4) is 0 Å². The zero-order chi connectivity index (χ0) is 11.1. The number of allylic oxidation sites excluding steroid dienone is 2. The molecule has 88 valence electrons. The van der Waals surface area contributed by atoms with Crippen LogP contribution in [0.25, 0.3) is 0 Å². The van der Waals surface area contributed by atoms with Crippen molar-refractivity contribution in [2.24, 2.45) is 11.8 Å². The van der Waals surface area contributed by atoms with Gasteiger partial charge in [-0.05, 0) is 57.3 Å². The summed E-state index contributed by atoms with van der Waals surface area (Å²) in [5.74, 6) is 1.83. The van der Waals surface area contributed by atoms with E-state index in [9.17, 15) is 0 Å². The van der Waals surface area contributed by atoms with Crippen molar-refractivity contribution >= 4 is 0 Å². The maximum Gasteiger partial charge on any atom is 0.0464 e. The fraction of sp³-hybridized carbons (Fsp3) is 0.857. The largest absolute Gasteiger partial charge is 0.385 e. The molecule has 1 aliphatic carbocycles. The van der Waals surface area contributed by atoms with Crippen molar-refractivity contribution in [1.29, 1.82) is 0 Å². The van der Waals surface area contributed by atoms with Gasteiger partial charge in [-0.15, -0.1) is 0 Å². The summed E-state index contributed by atoms with van der Waals surface area (Å²) in [7, 11) is 1.79. The summed E-state index contributed by atoms with van der Waals surface area (Å²) in [6, 6.07) is 0. The Hall–Kier alpha value is -0.300. The first-order chi connectivity index (χ1) is 7.22. The summed E-state index contributed by atoms with van der Waals surface area (Å²) in [5.41, 5.74) is 1.59. The molecule has 1 fully saturated rings. The minimum Gasteiger partial charge on any atom is -0.385 e. The lowest BCUT2D eigenvalue weighted by Crippen LogP contribution is -2.00. The highest BCUT2D eigenvalue weighted by atomic mass is 16.5. The Kier molecular flexibility index (Phi) is 6.00. The van der Waals surface area contributed by atoms with E-state index in [2.05, 4.69) is 19.9 Å². The average Bonchev–Trinajstić information content (AvgIpc) is 3.04. The number of methoxy groups -OCH3 is 1. The van der Waals surface area contributed by atoms with Crippen LogP contribution in [0.15, 0.2) is 11.6 Å². The van der Waals surface area contributed by atoms with E-state index in [1.165, 1.54) is 38.5 Å². The predicted octanol–water partition coefficient (Wildman–Crippen LogP) is 4.19. The van der Waals surface area contributed by atoms with Gasteiger partial charge < -0.3 is 4.74 Å². The highest BCUT2D eigenvalue weighted by Crippen LogP contribution is 2.33. The van der Waals surface area contributed by atoms with Gasteiger partial charge in [-0.2, -0.15) is 0 Å². The molecule has 0 radical (unpaired) electrons. The van der Waals surface area contributed by atoms with Gasteiger partial charge >= 0.3 is 0 Å². The first kappa shape index (κ1) is 12.8. The third-order valence-electron chi connectivity index (χ3n) is 3.34. The van der Waals surface area contributed by atoms with E-state index >= 15 is 0 Å². The molecule has 1 saturated carbocycles. The van der Waals surface area contributed by atoms with Crippen LogP contribution in [-0.4, -0.2) is 13.7 Å². The van der Waals surface area contributed by atoms with Gasteiger partial charge in [0.15, 0.2) is 0 Å². The third kappa shape index (κ3) is 6.72. The summed E-state index contributed by atoms with van der Waals surface area (Å²) in [5, 5.41) is 0. The van der Waals surface area contributed by atoms with E-state index in [0.717, 1.165) is 18.4 Å². The smallest absolute Gasteiger partial charge is 0.0464 e. The Bertz CT molecular complexity index is 192. The lowest BCUT2D eigenvalue weighted by molar-refractivity contribution is 0.178. The van der Waals surface area contributed by atoms with Crippen LogP contribution >= 0.6 is 0 Å². The van der Waals surface area contributed by atoms with Crippen molar-refractivity contribution < 1.29 is 4.74 Å². The van der Waals surface area contributed by atoms with E-state index < -0.39 is 0 Å². The van der Waals surface area contributed by atoms with Gasteiger partial charge in [0.05, 0.1) is 0 Å². The lowest BCUT2D eigenvalue weighted by atomic mass is 9.98. The molecule has 0 heterocycles. The Morgan fingerprint density at radius 3 is 2.73 bits per heavy atom. The second kappa shape index (κ2) is 7.05. The fourth-order valence-electron chi connectivity index (χ4n) is 1.76. The molecule has 0 N–H and O–H groups in total. The molecule has 15 heavy (non-hydrogen) atoms. The van der Waals surface area contributed by atoms with E-state index in [-0.39, 0.29) is 0 Å². The van der Waals surface area contributed by atoms with Crippen molar-refractivity contribution in [2.45, 2.75) is 52.4 Å². The summed E-state index contributed by atoms with van der Waals surface area (Å²) in [6.07, 6.45) is 10.5. The molecule has 1 rings (SSSR count). The molecule has 1 nitrogen and oxygen atoms in total. The molecular formula is C14H26O. The first-order valence-electron chi connectivity index (χ1n) is 6.37. The Balaban J connectivity index is 2.03. The molecule has 1 heteroatoms. The topological polar surface area (TPSA) is 9.23 Å². The minimum absolute atomic E-state index is 0.800. The van der Waals surface area contributed by atoms with Gasteiger partial charge in [-0.1, -0.05) is 18.6 Å². The maximum atomic E-state index is 5.09. The molecule has 0 unspecified atom stereocenters. The minimum atomic E-state index is 0.800. The summed E-state index contributed by atoms with van der Waals surface area (Å²) >= 11 is 0. The van der Waals surface area contributed by atoms with E-state index in [4.69, 9.17) is 4.74 Å². The van der Waals surface area contributed by atoms with Gasteiger partial charge in [-0.25, -0.2) is 0 Å². The van der Waals surface area contributed by atoms with Crippen LogP contribution in [0.4, 0.5) is 0 Å². The number of hydrogen-bond acceptors (Lipinski definition) is 1. The highest BCUT2D eigenvalue weighted by Gasteiger charge is 2.19. The van der Waals surface area contributed by atoms with Gasteiger partial charge in [0.1, 0.15) is 0 Å². The number of ether oxygens (including phenoxy) is 1. The molecule has 0 spiro atoms. The predicted molar refractivity (Wildman–Crippen MR) is 66.0 cm³/mol. The first-order valence-corrected chi connectivity index (χ1v) is 6.37. The zero-order valence-electron chi connectivity index (χ0n) is 10.6. The van der Waals surface area contributed by atoms with Crippen molar-refractivity contribution in [1.82, 2.24) is 0 Å². The summed E-state index contributed by atoms with van der Waals surface area (Å²) in [6.45, 7) is 5.52.